The van der Waals surface area contributed by atoms with Gasteiger partial charge in [-0.25, -0.2) is 4.79 Å². The van der Waals surface area contributed by atoms with E-state index in [0.717, 1.165) is 5.56 Å². The molecule has 1 aliphatic rings. The lowest BCUT2D eigenvalue weighted by molar-refractivity contribution is 0.0376. The number of alkyl carbamates (subject to hydrolysis) is 1. The van der Waals surface area contributed by atoms with Gasteiger partial charge in [0.2, 0.25) is 0 Å². The Morgan fingerprint density at radius 1 is 1.16 bits per heavy atom. The summed E-state index contributed by atoms with van der Waals surface area (Å²) < 4.78 is 35.0. The Balaban J connectivity index is 1.84. The second kappa shape index (κ2) is 7.33. The third-order valence-electron chi connectivity index (χ3n) is 3.91. The van der Waals surface area contributed by atoms with Crippen molar-refractivity contribution >= 4 is 16.2 Å². The van der Waals surface area contributed by atoms with Gasteiger partial charge >= 0.3 is 6.09 Å². The molecule has 1 fully saturated rings. The molecule has 25 heavy (non-hydrogen) atoms. The number of nitrogens with one attached hydrogen (secondary N) is 1. The molecule has 1 aromatic rings. The first-order chi connectivity index (χ1) is 11.5. The average molecular weight is 369 g/mol. The molecule has 0 unspecified atom stereocenters. The van der Waals surface area contributed by atoms with E-state index in [4.69, 9.17) is 8.92 Å². The second-order valence-corrected chi connectivity index (χ2v) is 9.28. The van der Waals surface area contributed by atoms with Crippen LogP contribution in [0.25, 0.3) is 0 Å². The number of carbonyl (C=O) groups excluding carboxylic acids is 1. The maximum atomic E-state index is 12.3. The van der Waals surface area contributed by atoms with Crippen molar-refractivity contribution in [1.29, 1.82) is 0 Å². The summed E-state index contributed by atoms with van der Waals surface area (Å²) in [6.45, 7) is 9.46. The zero-order valence-corrected chi connectivity index (χ0v) is 16.2. The number of amides is 1. The monoisotopic (exact) mass is 369 g/mol. The number of hydrogen-bond donors (Lipinski definition) is 1. The molecule has 140 valence electrons. The highest BCUT2D eigenvalue weighted by atomic mass is 32.2. The van der Waals surface area contributed by atoms with Crippen molar-refractivity contribution in [3.8, 4) is 0 Å². The SMILES string of the molecule is CC(C)c1ccc(S(=O)(=O)OC2CC(NC(=O)OC(C)(C)C)C2)cc1. The smallest absolute Gasteiger partial charge is 0.407 e. The lowest BCUT2D eigenvalue weighted by Crippen LogP contribution is -2.49. The van der Waals surface area contributed by atoms with Crippen molar-refractivity contribution in [1.82, 2.24) is 5.32 Å². The Bertz CT molecular complexity index is 698. The van der Waals surface area contributed by atoms with Gasteiger partial charge in [-0.05, 0) is 57.2 Å². The Kier molecular flexibility index (Phi) is 5.79. The predicted molar refractivity (Wildman–Crippen MR) is 95.0 cm³/mol. The summed E-state index contributed by atoms with van der Waals surface area (Å²) in [6, 6.07) is 6.61. The van der Waals surface area contributed by atoms with Gasteiger partial charge in [-0.3, -0.25) is 4.18 Å². The highest BCUT2D eigenvalue weighted by Gasteiger charge is 2.36. The van der Waals surface area contributed by atoms with Gasteiger partial charge in [0.15, 0.2) is 0 Å². The molecule has 0 heterocycles. The van der Waals surface area contributed by atoms with Crippen LogP contribution in [0.15, 0.2) is 29.2 Å². The van der Waals surface area contributed by atoms with Crippen LogP contribution in [-0.2, 0) is 19.0 Å². The summed E-state index contributed by atoms with van der Waals surface area (Å²) in [5.41, 5.74) is 0.513. The molecule has 0 radical (unpaired) electrons. The maximum Gasteiger partial charge on any atom is 0.407 e. The van der Waals surface area contributed by atoms with E-state index in [-0.39, 0.29) is 10.9 Å². The van der Waals surface area contributed by atoms with E-state index in [1.54, 1.807) is 45.0 Å². The molecule has 0 spiro atoms. The minimum Gasteiger partial charge on any atom is -0.444 e. The summed E-state index contributed by atoms with van der Waals surface area (Å²) >= 11 is 0. The number of hydrogen-bond acceptors (Lipinski definition) is 5. The van der Waals surface area contributed by atoms with Gasteiger partial charge in [-0.1, -0.05) is 26.0 Å². The van der Waals surface area contributed by atoms with E-state index in [1.165, 1.54) is 0 Å². The van der Waals surface area contributed by atoms with Crippen LogP contribution in [0, 0.1) is 0 Å². The second-order valence-electron chi connectivity index (χ2n) is 7.71. The summed E-state index contributed by atoms with van der Waals surface area (Å²) in [5, 5.41) is 2.71. The zero-order chi connectivity index (χ0) is 18.8. The predicted octanol–water partition coefficient (Wildman–Crippen LogP) is 3.57. The molecule has 2 rings (SSSR count). The van der Waals surface area contributed by atoms with Gasteiger partial charge < -0.3 is 10.1 Å². The van der Waals surface area contributed by atoms with Crippen molar-refractivity contribution in [2.24, 2.45) is 0 Å². The fourth-order valence-corrected chi connectivity index (χ4v) is 3.59. The first-order valence-corrected chi connectivity index (χ1v) is 9.90. The third-order valence-corrected chi connectivity index (χ3v) is 5.29. The lowest BCUT2D eigenvalue weighted by atomic mass is 9.90. The molecule has 0 bridgehead atoms. The summed E-state index contributed by atoms with van der Waals surface area (Å²) in [4.78, 5) is 11.8. The van der Waals surface area contributed by atoms with Crippen LogP contribution in [0.3, 0.4) is 0 Å². The van der Waals surface area contributed by atoms with Gasteiger partial charge in [0.25, 0.3) is 10.1 Å². The molecule has 0 aromatic heterocycles. The van der Waals surface area contributed by atoms with Gasteiger partial charge in [0.05, 0.1) is 11.0 Å². The van der Waals surface area contributed by atoms with Crippen molar-refractivity contribution in [2.45, 2.75) is 76.0 Å². The molecule has 1 saturated carbocycles. The molecule has 0 atom stereocenters. The molecule has 6 nitrogen and oxygen atoms in total. The number of carbonyl (C=O) groups is 1. The van der Waals surface area contributed by atoms with Crippen LogP contribution in [0.5, 0.6) is 0 Å². The number of ether oxygens (including phenoxy) is 1. The first-order valence-electron chi connectivity index (χ1n) is 8.49. The normalized spacial score (nSPS) is 20.9. The van der Waals surface area contributed by atoms with Crippen LogP contribution >= 0.6 is 0 Å². The summed E-state index contributed by atoms with van der Waals surface area (Å²) in [7, 11) is -3.79. The van der Waals surface area contributed by atoms with Crippen LogP contribution < -0.4 is 5.32 Å². The molecular formula is C18H27NO5S. The van der Waals surface area contributed by atoms with E-state index in [2.05, 4.69) is 5.32 Å². The molecular weight excluding hydrogens is 342 g/mol. The van der Waals surface area contributed by atoms with Gasteiger partial charge in [0, 0.05) is 6.04 Å². The molecule has 1 amide bonds. The van der Waals surface area contributed by atoms with Crippen molar-refractivity contribution in [3.63, 3.8) is 0 Å². The molecule has 1 aliphatic carbocycles. The molecule has 1 aromatic carbocycles. The van der Waals surface area contributed by atoms with E-state index < -0.39 is 27.9 Å². The van der Waals surface area contributed by atoms with Gasteiger partial charge in [-0.15, -0.1) is 0 Å². The molecule has 1 N–H and O–H groups in total. The highest BCUT2D eigenvalue weighted by Crippen LogP contribution is 2.28. The fraction of sp³-hybridized carbons (Fsp3) is 0.611. The van der Waals surface area contributed by atoms with E-state index in [9.17, 15) is 13.2 Å². The number of benzene rings is 1. The summed E-state index contributed by atoms with van der Waals surface area (Å²) in [6.07, 6.45) is -0.0248. The van der Waals surface area contributed by atoms with Crippen molar-refractivity contribution in [2.75, 3.05) is 0 Å². The first kappa shape index (κ1) is 19.7. The van der Waals surface area contributed by atoms with Gasteiger partial charge in [-0.2, -0.15) is 8.42 Å². The molecule has 0 saturated heterocycles. The van der Waals surface area contributed by atoms with Crippen molar-refractivity contribution in [3.05, 3.63) is 29.8 Å². The van der Waals surface area contributed by atoms with E-state index in [1.807, 2.05) is 13.8 Å². The quantitative estimate of drug-likeness (QED) is 0.803. The Hall–Kier alpha value is -1.60. The minimum absolute atomic E-state index is 0.127. The number of rotatable bonds is 5. The largest absolute Gasteiger partial charge is 0.444 e. The minimum atomic E-state index is -3.79. The van der Waals surface area contributed by atoms with Gasteiger partial charge in [0.1, 0.15) is 5.60 Å². The average Bonchev–Trinajstić information content (AvgIpc) is 2.43. The van der Waals surface area contributed by atoms with Crippen molar-refractivity contribution < 1.29 is 22.1 Å². The topological polar surface area (TPSA) is 81.7 Å². The fourth-order valence-electron chi connectivity index (χ4n) is 2.49. The lowest BCUT2D eigenvalue weighted by Gasteiger charge is -2.35. The Morgan fingerprint density at radius 3 is 2.20 bits per heavy atom. The van der Waals surface area contributed by atoms with E-state index in [0.29, 0.717) is 18.8 Å². The van der Waals surface area contributed by atoms with Crippen LogP contribution in [0.4, 0.5) is 4.79 Å². The van der Waals surface area contributed by atoms with Crippen LogP contribution in [0.1, 0.15) is 58.9 Å². The molecule has 7 heteroatoms. The Labute approximate surface area is 150 Å². The third kappa shape index (κ3) is 5.71. The van der Waals surface area contributed by atoms with Crippen LogP contribution in [-0.4, -0.2) is 32.3 Å². The standard InChI is InChI=1S/C18H27NO5S/c1-12(2)13-6-8-16(9-7-13)25(21,22)24-15-10-14(11-15)19-17(20)23-18(3,4)5/h6-9,12,14-15H,10-11H2,1-5H3,(H,19,20). The van der Waals surface area contributed by atoms with Crippen LogP contribution in [0.2, 0.25) is 0 Å². The Morgan fingerprint density at radius 2 is 1.72 bits per heavy atom. The molecule has 0 aliphatic heterocycles. The summed E-state index contributed by atoms with van der Waals surface area (Å²) in [5.74, 6) is 0.337. The zero-order valence-electron chi connectivity index (χ0n) is 15.4. The van der Waals surface area contributed by atoms with E-state index >= 15 is 0 Å². The highest BCUT2D eigenvalue weighted by molar-refractivity contribution is 7.86. The maximum absolute atomic E-state index is 12.3.